The smallest absolute Gasteiger partial charge is 0.323 e. The number of aryl methyl sites for hydroxylation is 1. The van der Waals surface area contributed by atoms with Crippen LogP contribution in [0, 0.1) is 6.92 Å². The third-order valence-corrected chi connectivity index (χ3v) is 2.70. The maximum atomic E-state index is 12.4. The van der Waals surface area contributed by atoms with Gasteiger partial charge in [0, 0.05) is 11.9 Å². The molecular weight excluding hydrogens is 274 g/mol. The van der Waals surface area contributed by atoms with Gasteiger partial charge in [-0.2, -0.15) is 0 Å². The zero-order valence-corrected chi connectivity index (χ0v) is 11.2. The van der Waals surface area contributed by atoms with Crippen molar-refractivity contribution in [1.82, 2.24) is 9.97 Å². The van der Waals surface area contributed by atoms with Crippen molar-refractivity contribution in [1.29, 1.82) is 0 Å². The van der Waals surface area contributed by atoms with Gasteiger partial charge in [-0.25, -0.2) is 4.98 Å². The highest BCUT2D eigenvalue weighted by Gasteiger charge is 2.21. The highest BCUT2D eigenvalue weighted by molar-refractivity contribution is 6.06. The van der Waals surface area contributed by atoms with Crippen molar-refractivity contribution in [3.63, 3.8) is 0 Å². The number of hydrogen-bond acceptors (Lipinski definition) is 5. The topological polar surface area (TPSA) is 104 Å². The second-order valence-corrected chi connectivity index (χ2v) is 4.34. The van der Waals surface area contributed by atoms with E-state index in [9.17, 15) is 14.7 Å². The van der Waals surface area contributed by atoms with E-state index in [4.69, 9.17) is 5.11 Å². The van der Waals surface area contributed by atoms with E-state index in [0.717, 1.165) is 4.90 Å². The minimum atomic E-state index is -1.16. The maximum absolute atomic E-state index is 12.4. The number of aromatic hydroxyl groups is 1. The van der Waals surface area contributed by atoms with Gasteiger partial charge in [-0.1, -0.05) is 0 Å². The van der Waals surface area contributed by atoms with Gasteiger partial charge in [-0.15, -0.1) is 0 Å². The molecule has 0 aliphatic heterocycles. The van der Waals surface area contributed by atoms with Crippen molar-refractivity contribution in [2.75, 3.05) is 11.4 Å². The number of nitrogens with zero attached hydrogens (tertiary/aromatic N) is 3. The lowest BCUT2D eigenvalue weighted by Gasteiger charge is -2.20. The summed E-state index contributed by atoms with van der Waals surface area (Å²) in [6.07, 6.45) is 2.73. The average molecular weight is 287 g/mol. The lowest BCUT2D eigenvalue weighted by atomic mass is 10.2. The van der Waals surface area contributed by atoms with Crippen LogP contribution in [-0.2, 0) is 4.79 Å². The van der Waals surface area contributed by atoms with Crippen LogP contribution in [0.5, 0.6) is 5.75 Å². The van der Waals surface area contributed by atoms with Gasteiger partial charge in [0.05, 0.1) is 11.9 Å². The van der Waals surface area contributed by atoms with Crippen molar-refractivity contribution in [2.45, 2.75) is 6.92 Å². The molecule has 1 aromatic heterocycles. The molecular formula is C14H13N3O4. The number of hydrogen-bond donors (Lipinski definition) is 2. The third-order valence-electron chi connectivity index (χ3n) is 2.70. The molecule has 21 heavy (non-hydrogen) atoms. The molecule has 0 saturated carbocycles. The molecule has 0 aliphatic rings. The van der Waals surface area contributed by atoms with Crippen LogP contribution in [0.1, 0.15) is 16.2 Å². The number of carboxylic acids is 1. The molecule has 0 fully saturated rings. The molecule has 2 N–H and O–H groups in total. The number of carbonyl (C=O) groups is 2. The quantitative estimate of drug-likeness (QED) is 0.876. The predicted molar refractivity (Wildman–Crippen MR) is 74.2 cm³/mol. The summed E-state index contributed by atoms with van der Waals surface area (Å²) in [7, 11) is 0. The molecule has 0 saturated heterocycles. The number of rotatable bonds is 4. The molecule has 1 aromatic carbocycles. The van der Waals surface area contributed by atoms with Crippen LogP contribution in [0.25, 0.3) is 0 Å². The molecule has 2 aromatic rings. The lowest BCUT2D eigenvalue weighted by Crippen LogP contribution is -2.36. The molecule has 0 radical (unpaired) electrons. The van der Waals surface area contributed by atoms with Gasteiger partial charge < -0.3 is 10.2 Å². The average Bonchev–Trinajstić information content (AvgIpc) is 2.46. The molecule has 108 valence electrons. The van der Waals surface area contributed by atoms with E-state index in [0.29, 0.717) is 11.4 Å². The van der Waals surface area contributed by atoms with Gasteiger partial charge in [0.25, 0.3) is 5.91 Å². The minimum absolute atomic E-state index is 0.0246. The van der Waals surface area contributed by atoms with E-state index in [1.807, 2.05) is 0 Å². The maximum Gasteiger partial charge on any atom is 0.323 e. The normalized spacial score (nSPS) is 10.1. The molecule has 1 amide bonds. The van der Waals surface area contributed by atoms with Crippen LogP contribution >= 0.6 is 0 Å². The van der Waals surface area contributed by atoms with Crippen LogP contribution < -0.4 is 4.90 Å². The number of aliphatic carboxylic acids is 1. The number of phenolic OH excluding ortho intramolecular Hbond substituents is 1. The zero-order valence-electron chi connectivity index (χ0n) is 11.2. The Kier molecular flexibility index (Phi) is 4.13. The predicted octanol–water partition coefficient (Wildman–Crippen LogP) is 1.22. The van der Waals surface area contributed by atoms with E-state index >= 15 is 0 Å². The molecule has 7 nitrogen and oxygen atoms in total. The highest BCUT2D eigenvalue weighted by atomic mass is 16.4. The van der Waals surface area contributed by atoms with Crippen molar-refractivity contribution < 1.29 is 19.8 Å². The Morgan fingerprint density at radius 1 is 1.14 bits per heavy atom. The van der Waals surface area contributed by atoms with Gasteiger partial charge in [0.1, 0.15) is 18.0 Å². The fourth-order valence-electron chi connectivity index (χ4n) is 1.69. The first kappa shape index (κ1) is 14.4. The summed E-state index contributed by atoms with van der Waals surface area (Å²) in [5.41, 5.74) is 1.05. The Balaban J connectivity index is 2.35. The van der Waals surface area contributed by atoms with Crippen LogP contribution in [0.2, 0.25) is 0 Å². The summed E-state index contributed by atoms with van der Waals surface area (Å²) in [6.45, 7) is 1.22. The van der Waals surface area contributed by atoms with Crippen LogP contribution in [0.3, 0.4) is 0 Å². The number of carboxylic acid groups (broad SMARTS) is 1. The monoisotopic (exact) mass is 287 g/mol. The Bertz CT molecular complexity index is 653. The SMILES string of the molecule is Cc1cnc(C(=O)N(CC(=O)O)c2ccc(O)cc2)cn1. The largest absolute Gasteiger partial charge is 0.508 e. The Morgan fingerprint density at radius 2 is 1.81 bits per heavy atom. The molecule has 0 unspecified atom stereocenters. The van der Waals surface area contributed by atoms with Gasteiger partial charge in [-0.05, 0) is 31.2 Å². The van der Waals surface area contributed by atoms with Crippen molar-refractivity contribution >= 4 is 17.6 Å². The number of anilines is 1. The first-order chi connectivity index (χ1) is 9.97. The standard InChI is InChI=1S/C14H13N3O4/c1-9-6-16-12(7-15-9)14(21)17(8-13(19)20)10-2-4-11(18)5-3-10/h2-7,18H,8H2,1H3,(H,19,20). The van der Waals surface area contributed by atoms with Crippen molar-refractivity contribution in [3.05, 3.63) is 48.0 Å². The molecule has 0 aliphatic carbocycles. The fraction of sp³-hybridized carbons (Fsp3) is 0.143. The first-order valence-corrected chi connectivity index (χ1v) is 6.08. The van der Waals surface area contributed by atoms with Crippen molar-refractivity contribution in [3.8, 4) is 5.75 Å². The summed E-state index contributed by atoms with van der Waals surface area (Å²) in [5.74, 6) is -1.70. The molecule has 0 atom stereocenters. The summed E-state index contributed by atoms with van der Waals surface area (Å²) >= 11 is 0. The summed E-state index contributed by atoms with van der Waals surface area (Å²) in [5, 5.41) is 18.2. The van der Waals surface area contributed by atoms with E-state index in [-0.39, 0.29) is 11.4 Å². The lowest BCUT2D eigenvalue weighted by molar-refractivity contribution is -0.135. The van der Waals surface area contributed by atoms with Crippen molar-refractivity contribution in [2.24, 2.45) is 0 Å². The molecule has 0 bridgehead atoms. The van der Waals surface area contributed by atoms with E-state index in [1.54, 1.807) is 6.92 Å². The number of amides is 1. The second kappa shape index (κ2) is 6.00. The number of aromatic nitrogens is 2. The molecule has 1 heterocycles. The summed E-state index contributed by atoms with van der Waals surface area (Å²) in [6, 6.07) is 5.66. The number of phenols is 1. The van der Waals surface area contributed by atoms with Gasteiger partial charge in [0.15, 0.2) is 0 Å². The Hall–Kier alpha value is -2.96. The molecule has 7 heteroatoms. The summed E-state index contributed by atoms with van der Waals surface area (Å²) in [4.78, 5) is 32.3. The summed E-state index contributed by atoms with van der Waals surface area (Å²) < 4.78 is 0. The van der Waals surface area contributed by atoms with Gasteiger partial charge in [0.2, 0.25) is 0 Å². The van der Waals surface area contributed by atoms with E-state index in [1.165, 1.54) is 36.7 Å². The molecule has 2 rings (SSSR count). The highest BCUT2D eigenvalue weighted by Crippen LogP contribution is 2.19. The van der Waals surface area contributed by atoms with Crippen LogP contribution in [0.4, 0.5) is 5.69 Å². The fourth-order valence-corrected chi connectivity index (χ4v) is 1.69. The molecule has 0 spiro atoms. The Morgan fingerprint density at radius 3 is 2.33 bits per heavy atom. The minimum Gasteiger partial charge on any atom is -0.508 e. The van der Waals surface area contributed by atoms with Gasteiger partial charge >= 0.3 is 5.97 Å². The third kappa shape index (κ3) is 3.53. The van der Waals surface area contributed by atoms with E-state index in [2.05, 4.69) is 9.97 Å². The zero-order chi connectivity index (χ0) is 15.4. The van der Waals surface area contributed by atoms with E-state index < -0.39 is 18.4 Å². The Labute approximate surface area is 120 Å². The number of benzene rings is 1. The van der Waals surface area contributed by atoms with Gasteiger partial charge in [-0.3, -0.25) is 19.5 Å². The van der Waals surface area contributed by atoms with Crippen LogP contribution in [0.15, 0.2) is 36.7 Å². The number of carbonyl (C=O) groups excluding carboxylic acids is 1. The van der Waals surface area contributed by atoms with Crippen LogP contribution in [-0.4, -0.2) is 38.6 Å². The second-order valence-electron chi connectivity index (χ2n) is 4.34. The first-order valence-electron chi connectivity index (χ1n) is 6.08.